The summed E-state index contributed by atoms with van der Waals surface area (Å²) in [6.45, 7) is 13.9. The summed E-state index contributed by atoms with van der Waals surface area (Å²) in [5.74, 6) is -4.49. The Labute approximate surface area is 393 Å². The summed E-state index contributed by atoms with van der Waals surface area (Å²) in [4.78, 5) is 72.1. The van der Waals surface area contributed by atoms with Crippen molar-refractivity contribution in [3.05, 3.63) is 77.2 Å². The molecule has 4 N–H and O–H groups in total. The van der Waals surface area contributed by atoms with Crippen LogP contribution in [0.2, 0.25) is 0 Å². The fraction of sp³-hybridized carbons (Fsp3) is 0.638. The Balaban J connectivity index is 0.887. The lowest BCUT2D eigenvalue weighted by molar-refractivity contribution is -0.144. The lowest BCUT2D eigenvalue weighted by atomic mass is 9.85. The Kier molecular flexibility index (Phi) is 13.3. The average Bonchev–Trinajstić information content (AvgIpc) is 4.03. The summed E-state index contributed by atoms with van der Waals surface area (Å²) in [5, 5.41) is 44.7. The fourth-order valence-corrected chi connectivity index (χ4v) is 9.63. The van der Waals surface area contributed by atoms with Crippen LogP contribution in [0.1, 0.15) is 151 Å². The van der Waals surface area contributed by atoms with Gasteiger partial charge >= 0.3 is 0 Å². The minimum Gasteiger partial charge on any atom is -0.391 e. The normalized spacial score (nSPS) is 24.4. The van der Waals surface area contributed by atoms with E-state index in [9.17, 15) is 38.2 Å². The highest BCUT2D eigenvalue weighted by Crippen LogP contribution is 2.53. The highest BCUT2D eigenvalue weighted by atomic mass is 19.3. The molecule has 19 nitrogen and oxygen atoms in total. The lowest BCUT2D eigenvalue weighted by Gasteiger charge is -2.34. The maximum absolute atomic E-state index is 14.4. The second-order valence-electron chi connectivity index (χ2n) is 21.5. The van der Waals surface area contributed by atoms with Gasteiger partial charge in [-0.1, -0.05) is 58.0 Å². The Morgan fingerprint density at radius 1 is 0.735 bits per heavy atom. The molecule has 0 bridgehead atoms. The fourth-order valence-electron chi connectivity index (χ4n) is 9.63. The van der Waals surface area contributed by atoms with Gasteiger partial charge in [-0.25, -0.2) is 14.3 Å². The third kappa shape index (κ3) is 10.7. The van der Waals surface area contributed by atoms with Crippen molar-refractivity contribution in [1.29, 1.82) is 0 Å². The van der Waals surface area contributed by atoms with E-state index in [-0.39, 0.29) is 67.9 Å². The van der Waals surface area contributed by atoms with E-state index in [1.54, 1.807) is 23.3 Å². The standard InChI is InChI=1S/C47H63F2N13O6/c1-25(52-42(66)37-16-30(64)22-60(37)44(68)39(45(2,3)4)61-23-34(55-57-61)26-12-13-26)14-28-18-50-20-33(53-28)31-17-32(31)35-24-62(58-56-35)40(46(5,6)7)43(67)59-21-29(63)15-36(59)41(65)51-19-27-10-9-11-38(54-27)47(8,48)49/h9-11,18,20,23-26,29-32,36-37,39-40,63-64H,12-17,19,21-22H2,1-8H3,(H,51,65)(H,52,66)/t25?,29-,30-,31?,32?,36+,37+,39-,40-/m1/s1. The smallest absolute Gasteiger partial charge is 0.286 e. The van der Waals surface area contributed by atoms with Gasteiger partial charge in [0.25, 0.3) is 5.92 Å². The van der Waals surface area contributed by atoms with Gasteiger partial charge in [0.15, 0.2) is 0 Å². The molecule has 2 aliphatic carbocycles. The van der Waals surface area contributed by atoms with E-state index in [1.165, 1.54) is 32.7 Å². The molecule has 4 amide bonds. The number of nitrogens with zero attached hydrogens (tertiary/aromatic N) is 11. The van der Waals surface area contributed by atoms with Crippen molar-refractivity contribution in [1.82, 2.24) is 65.4 Å². The quantitative estimate of drug-likeness (QED) is 0.134. The summed E-state index contributed by atoms with van der Waals surface area (Å²) in [6.07, 6.45) is 8.41. The van der Waals surface area contributed by atoms with E-state index >= 15 is 0 Å². The van der Waals surface area contributed by atoms with Crippen molar-refractivity contribution in [2.45, 2.75) is 167 Å². The zero-order chi connectivity index (χ0) is 49.0. The molecule has 2 saturated heterocycles. The van der Waals surface area contributed by atoms with Gasteiger partial charge in [-0.2, -0.15) is 8.78 Å². The number of hydrogen-bond donors (Lipinski definition) is 4. The highest BCUT2D eigenvalue weighted by molar-refractivity contribution is 5.91. The number of carbonyl (C=O) groups excluding carboxylic acids is 4. The van der Waals surface area contributed by atoms with Crippen LogP contribution in [0.25, 0.3) is 0 Å². The van der Waals surface area contributed by atoms with Crippen LogP contribution in [-0.4, -0.2) is 132 Å². The van der Waals surface area contributed by atoms with Gasteiger partial charge in [-0.15, -0.1) is 10.2 Å². The molecule has 0 radical (unpaired) electrons. The Hall–Kier alpha value is -5.83. The number of hydrogen-bond acceptors (Lipinski definition) is 13. The largest absolute Gasteiger partial charge is 0.391 e. The molecule has 8 rings (SSSR count). The maximum atomic E-state index is 14.4. The van der Waals surface area contributed by atoms with Crippen LogP contribution in [0.4, 0.5) is 8.78 Å². The van der Waals surface area contributed by atoms with E-state index in [0.717, 1.165) is 31.2 Å². The van der Waals surface area contributed by atoms with E-state index in [2.05, 4.69) is 41.2 Å². The third-order valence-electron chi connectivity index (χ3n) is 13.3. The first-order chi connectivity index (χ1) is 32.0. The molecule has 4 aromatic heterocycles. The average molecular weight is 944 g/mol. The van der Waals surface area contributed by atoms with Crippen LogP contribution in [-0.2, 0) is 38.1 Å². The Morgan fingerprint density at radius 3 is 1.87 bits per heavy atom. The Morgan fingerprint density at radius 2 is 1.29 bits per heavy atom. The number of pyridine rings is 1. The summed E-state index contributed by atoms with van der Waals surface area (Å²) >= 11 is 0. The molecule has 4 fully saturated rings. The van der Waals surface area contributed by atoms with Crippen LogP contribution in [0.5, 0.6) is 0 Å². The molecular formula is C47H63F2N13O6. The molecule has 2 saturated carbocycles. The van der Waals surface area contributed by atoms with Gasteiger partial charge in [0.2, 0.25) is 23.6 Å². The molecular weight excluding hydrogens is 881 g/mol. The summed E-state index contributed by atoms with van der Waals surface area (Å²) in [5.41, 5.74) is 1.48. The molecule has 21 heteroatoms. The van der Waals surface area contributed by atoms with Crippen molar-refractivity contribution >= 4 is 23.6 Å². The molecule has 4 aliphatic rings. The lowest BCUT2D eigenvalue weighted by Crippen LogP contribution is -2.52. The molecule has 6 heterocycles. The van der Waals surface area contributed by atoms with E-state index < -0.39 is 70.6 Å². The molecule has 9 atom stereocenters. The molecule has 0 aromatic carbocycles. The maximum Gasteiger partial charge on any atom is 0.286 e. The predicted octanol–water partition coefficient (Wildman–Crippen LogP) is 3.48. The van der Waals surface area contributed by atoms with Gasteiger partial charge in [0, 0.05) is 87.9 Å². The van der Waals surface area contributed by atoms with Crippen LogP contribution in [0.15, 0.2) is 43.0 Å². The van der Waals surface area contributed by atoms with Crippen LogP contribution >= 0.6 is 0 Å². The zero-order valence-electron chi connectivity index (χ0n) is 39.9. The molecule has 366 valence electrons. The van der Waals surface area contributed by atoms with Crippen LogP contribution in [0, 0.1) is 10.8 Å². The van der Waals surface area contributed by atoms with Crippen molar-refractivity contribution in [2.75, 3.05) is 13.1 Å². The van der Waals surface area contributed by atoms with Gasteiger partial charge in [0.05, 0.1) is 47.2 Å². The molecule has 68 heavy (non-hydrogen) atoms. The topological polar surface area (TPSA) is 239 Å². The first-order valence-electron chi connectivity index (χ1n) is 23.5. The van der Waals surface area contributed by atoms with Crippen molar-refractivity contribution in [3.63, 3.8) is 0 Å². The van der Waals surface area contributed by atoms with Gasteiger partial charge < -0.3 is 30.6 Å². The minimum absolute atomic E-state index is 0.00134. The van der Waals surface area contributed by atoms with Crippen molar-refractivity contribution in [3.8, 4) is 0 Å². The van der Waals surface area contributed by atoms with Gasteiger partial charge in [0.1, 0.15) is 29.9 Å². The number of aliphatic hydroxyl groups excluding tert-OH is 2. The Bertz CT molecular complexity index is 2510. The number of rotatable bonds is 15. The van der Waals surface area contributed by atoms with E-state index in [0.29, 0.717) is 30.1 Å². The number of halogens is 2. The van der Waals surface area contributed by atoms with Crippen molar-refractivity contribution in [2.24, 2.45) is 10.8 Å². The molecule has 2 aliphatic heterocycles. The van der Waals surface area contributed by atoms with E-state index in [1.807, 2.05) is 54.7 Å². The molecule has 0 spiro atoms. The zero-order valence-corrected chi connectivity index (χ0v) is 39.9. The minimum atomic E-state index is -3.15. The highest BCUT2D eigenvalue weighted by Gasteiger charge is 2.48. The number of nitrogens with one attached hydrogen (secondary N) is 2. The summed E-state index contributed by atoms with van der Waals surface area (Å²) in [6, 6.07) is 0.294. The molecule has 4 aromatic rings. The number of aromatic nitrogens is 9. The number of alkyl halides is 2. The van der Waals surface area contributed by atoms with Crippen LogP contribution < -0.4 is 10.6 Å². The summed E-state index contributed by atoms with van der Waals surface area (Å²) < 4.78 is 30.9. The predicted molar refractivity (Wildman–Crippen MR) is 240 cm³/mol. The number of aliphatic hydroxyl groups is 2. The first-order valence-corrected chi connectivity index (χ1v) is 23.5. The number of carbonyl (C=O) groups is 4. The monoisotopic (exact) mass is 943 g/mol. The van der Waals surface area contributed by atoms with Gasteiger partial charge in [-0.05, 0) is 49.1 Å². The van der Waals surface area contributed by atoms with Crippen LogP contribution in [0.3, 0.4) is 0 Å². The second-order valence-corrected chi connectivity index (χ2v) is 21.5. The number of β-amino-alcohol motifs (C(OH)–C–C–N with tert-alkyl or cyclic N) is 2. The second kappa shape index (κ2) is 18.6. The number of amides is 4. The third-order valence-corrected chi connectivity index (χ3v) is 13.3. The number of likely N-dealkylation sites (tertiary alicyclic amines) is 2. The van der Waals surface area contributed by atoms with Gasteiger partial charge in [-0.3, -0.25) is 29.1 Å². The molecule has 3 unspecified atom stereocenters. The van der Waals surface area contributed by atoms with E-state index in [4.69, 9.17) is 4.98 Å². The van der Waals surface area contributed by atoms with Crippen molar-refractivity contribution < 1.29 is 38.2 Å². The SMILES string of the molecule is CC(Cc1cncc(C2CC2c2cn([C@H](C(=O)N3C[C@H](O)C[C@H]3C(=O)NCc3cccc(C(C)(F)F)n3)C(C)(C)C)nn2)n1)NC(=O)[C@@H]1C[C@@H](O)CN1C(=O)[C@@H](n1cc(C2CC2)nn1)C(C)(C)C. The first kappa shape index (κ1) is 48.6. The summed E-state index contributed by atoms with van der Waals surface area (Å²) in [7, 11) is 0.